The quantitative estimate of drug-likeness (QED) is 0.160. The molecule has 0 saturated carbocycles. The highest BCUT2D eigenvalue weighted by molar-refractivity contribution is 6.08. The number of nitrogens with zero attached hydrogens (tertiary/aromatic N) is 5. The Morgan fingerprint density at radius 3 is 1.83 bits per heavy atom. The minimum Gasteiger partial charge on any atom is -0.277 e. The van der Waals surface area contributed by atoms with E-state index in [4.69, 9.17) is 19.9 Å². The third-order valence-electron chi connectivity index (χ3n) is 13.0. The van der Waals surface area contributed by atoms with Crippen molar-refractivity contribution in [1.82, 2.24) is 19.9 Å². The third-order valence-corrected chi connectivity index (χ3v) is 13.0. The zero-order valence-electron chi connectivity index (χ0n) is 34.6. The van der Waals surface area contributed by atoms with Crippen LogP contribution in [0.1, 0.15) is 22.6 Å². The van der Waals surface area contributed by atoms with Gasteiger partial charge in [0, 0.05) is 28.3 Å². The van der Waals surface area contributed by atoms with Crippen molar-refractivity contribution in [2.45, 2.75) is 5.92 Å². The lowest BCUT2D eigenvalue weighted by Gasteiger charge is -2.26. The molecule has 0 aliphatic heterocycles. The fraction of sp³-hybridized carbons (Fsp3) is 0.0169. The van der Waals surface area contributed by atoms with Crippen LogP contribution in [0.15, 0.2) is 219 Å². The molecule has 5 nitrogen and oxygen atoms in total. The van der Waals surface area contributed by atoms with Crippen LogP contribution in [0.5, 0.6) is 0 Å². The van der Waals surface area contributed by atoms with E-state index in [2.05, 4.69) is 181 Å². The Morgan fingerprint density at radius 1 is 0.375 bits per heavy atom. The van der Waals surface area contributed by atoms with E-state index in [0.717, 1.165) is 55.7 Å². The first-order chi connectivity index (χ1) is 31.7. The number of hydrogen-bond donors (Lipinski definition) is 0. The van der Waals surface area contributed by atoms with E-state index in [1.807, 2.05) is 42.6 Å². The van der Waals surface area contributed by atoms with Gasteiger partial charge in [-0.15, -0.1) is 0 Å². The molecule has 0 fully saturated rings. The van der Waals surface area contributed by atoms with Crippen LogP contribution < -0.4 is 4.90 Å². The molecular formula is C59H37N5. The van der Waals surface area contributed by atoms with Gasteiger partial charge in [0.25, 0.3) is 0 Å². The fourth-order valence-electron chi connectivity index (χ4n) is 10.1. The van der Waals surface area contributed by atoms with Crippen molar-refractivity contribution < 1.29 is 0 Å². The van der Waals surface area contributed by atoms with Crippen molar-refractivity contribution >= 4 is 38.9 Å². The molecule has 2 heterocycles. The van der Waals surface area contributed by atoms with E-state index in [-0.39, 0.29) is 5.92 Å². The molecule has 1 atom stereocenters. The Hall–Kier alpha value is -8.54. The molecule has 0 N–H and O–H groups in total. The first-order valence-electron chi connectivity index (χ1n) is 21.7. The summed E-state index contributed by atoms with van der Waals surface area (Å²) in [5.41, 5.74) is 17.2. The van der Waals surface area contributed by atoms with Crippen molar-refractivity contribution in [2.24, 2.45) is 0 Å². The van der Waals surface area contributed by atoms with E-state index in [1.54, 1.807) is 0 Å². The summed E-state index contributed by atoms with van der Waals surface area (Å²) in [4.78, 5) is 22.9. The van der Waals surface area contributed by atoms with Gasteiger partial charge in [0.15, 0.2) is 11.6 Å². The van der Waals surface area contributed by atoms with Gasteiger partial charge in [0.05, 0.1) is 17.6 Å². The van der Waals surface area contributed by atoms with Gasteiger partial charge in [-0.05, 0) is 102 Å². The van der Waals surface area contributed by atoms with Gasteiger partial charge < -0.3 is 0 Å². The minimum absolute atomic E-state index is 0.159. The predicted molar refractivity (Wildman–Crippen MR) is 261 cm³/mol. The molecule has 2 aromatic heterocycles. The molecule has 0 radical (unpaired) electrons. The van der Waals surface area contributed by atoms with Gasteiger partial charge in [-0.1, -0.05) is 182 Å². The Bertz CT molecular complexity index is 3600. The summed E-state index contributed by atoms with van der Waals surface area (Å²) in [5.74, 6) is 1.84. The molecule has 298 valence electrons. The van der Waals surface area contributed by atoms with E-state index >= 15 is 0 Å². The summed E-state index contributed by atoms with van der Waals surface area (Å²) in [6.07, 6.45) is 1.95. The zero-order valence-corrected chi connectivity index (χ0v) is 34.6. The maximum Gasteiger partial charge on any atom is 0.238 e. The Kier molecular flexibility index (Phi) is 8.21. The van der Waals surface area contributed by atoms with Gasteiger partial charge in [-0.2, -0.15) is 9.97 Å². The first kappa shape index (κ1) is 36.1. The van der Waals surface area contributed by atoms with Crippen molar-refractivity contribution in [3.8, 4) is 67.4 Å². The number of aromatic nitrogens is 4. The van der Waals surface area contributed by atoms with E-state index in [0.29, 0.717) is 17.6 Å². The van der Waals surface area contributed by atoms with Crippen LogP contribution in [0, 0.1) is 0 Å². The summed E-state index contributed by atoms with van der Waals surface area (Å²) in [6.45, 7) is 0. The Labute approximate surface area is 370 Å². The Balaban J connectivity index is 0.949. The molecule has 1 unspecified atom stereocenters. The van der Waals surface area contributed by atoms with Crippen LogP contribution in [0.2, 0.25) is 0 Å². The van der Waals surface area contributed by atoms with Gasteiger partial charge in [-0.25, -0.2) is 4.98 Å². The normalized spacial score (nSPS) is 13.2. The lowest BCUT2D eigenvalue weighted by Crippen LogP contribution is -2.15. The molecule has 13 rings (SSSR count). The van der Waals surface area contributed by atoms with Crippen LogP contribution in [0.25, 0.3) is 89.0 Å². The third kappa shape index (κ3) is 5.79. The number of pyridine rings is 1. The number of rotatable bonds is 7. The van der Waals surface area contributed by atoms with Crippen molar-refractivity contribution in [3.63, 3.8) is 0 Å². The van der Waals surface area contributed by atoms with Crippen LogP contribution in [-0.2, 0) is 0 Å². The second kappa shape index (κ2) is 14.5. The monoisotopic (exact) mass is 815 g/mol. The van der Waals surface area contributed by atoms with Crippen molar-refractivity contribution in [2.75, 3.05) is 4.90 Å². The van der Waals surface area contributed by atoms with Crippen molar-refractivity contribution in [1.29, 1.82) is 0 Å². The van der Waals surface area contributed by atoms with Gasteiger partial charge in [0.1, 0.15) is 0 Å². The SMILES string of the molecule is c1ccc(-c2ccc(N(c3ccc(-c4ccc5c(c4)C4c6ccccc6-c6cccc7ccc-5c4c67)nc3)c3nc(-c4ccccc4)nc(-c4cccc5ccccc45)n3)cc2)cc1. The minimum atomic E-state index is 0.159. The largest absolute Gasteiger partial charge is 0.277 e. The summed E-state index contributed by atoms with van der Waals surface area (Å²) < 4.78 is 0. The predicted octanol–water partition coefficient (Wildman–Crippen LogP) is 14.9. The second-order valence-electron chi connectivity index (χ2n) is 16.6. The molecule has 0 saturated heterocycles. The highest BCUT2D eigenvalue weighted by atomic mass is 15.3. The maximum atomic E-state index is 5.29. The standard InChI is InChI=1S/C59H37N5/c1-3-13-37(14-4-1)38-25-29-43(30-26-38)64(59-62-57(41-16-5-2-6-17-41)61-58(63-59)51-24-11-18-39-15-7-8-20-45(39)51)44-31-34-53(60-36-44)42-28-32-47-50-33-27-40-19-12-23-48-46-21-9-10-22-49(46)55(52(47)35-42)56(50)54(40)48/h1-36,55H. The summed E-state index contributed by atoms with van der Waals surface area (Å²) in [6, 6.07) is 75.2. The number of fused-ring (bicyclic) bond motifs is 7. The lowest BCUT2D eigenvalue weighted by molar-refractivity contribution is 1.02. The molecule has 0 bridgehead atoms. The molecule has 0 spiro atoms. The molecule has 2 aliphatic carbocycles. The average molecular weight is 816 g/mol. The highest BCUT2D eigenvalue weighted by Crippen LogP contribution is 2.57. The summed E-state index contributed by atoms with van der Waals surface area (Å²) in [7, 11) is 0. The van der Waals surface area contributed by atoms with Gasteiger partial charge in [0.2, 0.25) is 5.95 Å². The highest BCUT2D eigenvalue weighted by Gasteiger charge is 2.37. The van der Waals surface area contributed by atoms with E-state index in [9.17, 15) is 0 Å². The number of anilines is 3. The lowest BCUT2D eigenvalue weighted by atomic mass is 9.76. The number of hydrogen-bond acceptors (Lipinski definition) is 5. The van der Waals surface area contributed by atoms with Gasteiger partial charge in [-0.3, -0.25) is 9.88 Å². The molecule has 2 aliphatic rings. The van der Waals surface area contributed by atoms with Crippen LogP contribution >= 0.6 is 0 Å². The molecule has 64 heavy (non-hydrogen) atoms. The molecule has 9 aromatic carbocycles. The van der Waals surface area contributed by atoms with E-state index in [1.165, 1.54) is 49.7 Å². The van der Waals surface area contributed by atoms with Crippen LogP contribution in [0.4, 0.5) is 17.3 Å². The van der Waals surface area contributed by atoms with Crippen LogP contribution in [0.3, 0.4) is 0 Å². The topological polar surface area (TPSA) is 54.8 Å². The Morgan fingerprint density at radius 2 is 1.00 bits per heavy atom. The maximum absolute atomic E-state index is 5.29. The average Bonchev–Trinajstić information content (AvgIpc) is 3.71. The van der Waals surface area contributed by atoms with Crippen molar-refractivity contribution in [3.05, 3.63) is 235 Å². The first-order valence-corrected chi connectivity index (χ1v) is 21.7. The summed E-state index contributed by atoms with van der Waals surface area (Å²) >= 11 is 0. The fourth-order valence-corrected chi connectivity index (χ4v) is 10.1. The van der Waals surface area contributed by atoms with Gasteiger partial charge >= 0.3 is 0 Å². The zero-order chi connectivity index (χ0) is 42.1. The molecule has 5 heteroatoms. The molecule has 11 aromatic rings. The smallest absolute Gasteiger partial charge is 0.238 e. The summed E-state index contributed by atoms with van der Waals surface area (Å²) in [5, 5.41) is 4.86. The van der Waals surface area contributed by atoms with E-state index < -0.39 is 0 Å². The van der Waals surface area contributed by atoms with Crippen LogP contribution in [-0.4, -0.2) is 19.9 Å². The number of benzene rings is 9. The molecular weight excluding hydrogens is 779 g/mol. The molecule has 0 amide bonds. The second-order valence-corrected chi connectivity index (χ2v) is 16.6.